The Kier molecular flexibility index (Phi) is 4.83. The fourth-order valence-electron chi connectivity index (χ4n) is 3.36. The third kappa shape index (κ3) is 3.96. The Morgan fingerprint density at radius 1 is 1.26 bits per heavy atom. The molecule has 3 heterocycles. The van der Waals surface area contributed by atoms with Gasteiger partial charge in [-0.1, -0.05) is 6.07 Å². The molecule has 27 heavy (non-hydrogen) atoms. The van der Waals surface area contributed by atoms with E-state index in [9.17, 15) is 9.59 Å². The number of carbonyl (C=O) groups excluding carboxylic acids is 1. The maximum absolute atomic E-state index is 12.4. The first-order valence-corrected chi connectivity index (χ1v) is 8.95. The first-order chi connectivity index (χ1) is 13.1. The zero-order chi connectivity index (χ0) is 18.8. The maximum atomic E-state index is 12.4. The SMILES string of the molecule is NC1CCN(Cc2ccc(C(=O)NCc3ccc4c(c3)OCO4)c(=O)[nH]2)C1. The average molecular weight is 370 g/mol. The molecule has 1 fully saturated rings. The minimum atomic E-state index is -0.413. The molecule has 1 unspecified atom stereocenters. The second-order valence-electron chi connectivity index (χ2n) is 6.88. The number of aromatic nitrogens is 1. The molecule has 0 aliphatic carbocycles. The number of fused-ring (bicyclic) bond motifs is 1. The number of aromatic amines is 1. The normalized spacial score (nSPS) is 18.6. The molecule has 4 rings (SSSR count). The van der Waals surface area contributed by atoms with Gasteiger partial charge in [0.25, 0.3) is 11.5 Å². The highest BCUT2D eigenvalue weighted by Crippen LogP contribution is 2.32. The van der Waals surface area contributed by atoms with Gasteiger partial charge in [-0.2, -0.15) is 0 Å². The molecule has 1 saturated heterocycles. The van der Waals surface area contributed by atoms with E-state index in [1.165, 1.54) is 0 Å². The molecule has 1 amide bonds. The van der Waals surface area contributed by atoms with Crippen LogP contribution in [0.25, 0.3) is 0 Å². The zero-order valence-electron chi connectivity index (χ0n) is 14.9. The van der Waals surface area contributed by atoms with E-state index in [4.69, 9.17) is 15.2 Å². The van der Waals surface area contributed by atoms with Crippen LogP contribution < -0.4 is 26.1 Å². The van der Waals surface area contributed by atoms with E-state index in [1.54, 1.807) is 18.2 Å². The fourth-order valence-corrected chi connectivity index (χ4v) is 3.36. The van der Waals surface area contributed by atoms with Gasteiger partial charge in [-0.25, -0.2) is 0 Å². The number of likely N-dealkylation sites (tertiary alicyclic amines) is 1. The van der Waals surface area contributed by atoms with Crippen molar-refractivity contribution < 1.29 is 14.3 Å². The minimum Gasteiger partial charge on any atom is -0.454 e. The Balaban J connectivity index is 1.37. The Morgan fingerprint density at radius 2 is 2.11 bits per heavy atom. The van der Waals surface area contributed by atoms with Crippen LogP contribution in [0.1, 0.15) is 28.0 Å². The minimum absolute atomic E-state index is 0.0950. The number of hydrogen-bond donors (Lipinski definition) is 3. The number of ether oxygens (including phenoxy) is 2. The summed E-state index contributed by atoms with van der Waals surface area (Å²) in [6, 6.07) is 9.01. The van der Waals surface area contributed by atoms with Gasteiger partial charge in [-0.05, 0) is 36.2 Å². The quantitative estimate of drug-likeness (QED) is 0.710. The number of carbonyl (C=O) groups is 1. The number of amides is 1. The van der Waals surface area contributed by atoms with Crippen molar-refractivity contribution in [3.8, 4) is 11.5 Å². The maximum Gasteiger partial charge on any atom is 0.261 e. The van der Waals surface area contributed by atoms with Gasteiger partial charge in [-0.15, -0.1) is 0 Å². The summed E-state index contributed by atoms with van der Waals surface area (Å²) in [5.74, 6) is 0.935. The van der Waals surface area contributed by atoms with E-state index in [2.05, 4.69) is 15.2 Å². The van der Waals surface area contributed by atoms with E-state index < -0.39 is 5.91 Å². The van der Waals surface area contributed by atoms with Gasteiger partial charge in [0.2, 0.25) is 6.79 Å². The number of pyridine rings is 1. The first-order valence-electron chi connectivity index (χ1n) is 8.95. The molecular weight excluding hydrogens is 348 g/mol. The van der Waals surface area contributed by atoms with Crippen molar-refractivity contribution in [2.75, 3.05) is 19.9 Å². The third-order valence-corrected chi connectivity index (χ3v) is 4.81. The van der Waals surface area contributed by atoms with Crippen molar-refractivity contribution in [1.29, 1.82) is 0 Å². The second kappa shape index (κ2) is 7.42. The molecular formula is C19H22N4O4. The van der Waals surface area contributed by atoms with Crippen molar-refractivity contribution >= 4 is 5.91 Å². The highest BCUT2D eigenvalue weighted by molar-refractivity contribution is 5.93. The number of benzene rings is 1. The third-order valence-electron chi connectivity index (χ3n) is 4.81. The Bertz CT molecular complexity index is 911. The van der Waals surface area contributed by atoms with Crippen LogP contribution in [0, 0.1) is 0 Å². The standard InChI is InChI=1S/C19H22N4O4/c20-13-5-6-23(9-13)10-14-2-3-15(19(25)22-14)18(24)21-8-12-1-4-16-17(7-12)27-11-26-16/h1-4,7,13H,5-6,8-11,20H2,(H,21,24)(H,22,25). The highest BCUT2D eigenvalue weighted by Gasteiger charge is 2.20. The second-order valence-corrected chi connectivity index (χ2v) is 6.88. The van der Waals surface area contributed by atoms with Crippen LogP contribution in [-0.2, 0) is 13.1 Å². The Hall–Kier alpha value is -2.84. The summed E-state index contributed by atoms with van der Waals surface area (Å²) < 4.78 is 10.6. The summed E-state index contributed by atoms with van der Waals surface area (Å²) in [5.41, 5.74) is 7.25. The lowest BCUT2D eigenvalue weighted by atomic mass is 10.2. The molecule has 0 spiro atoms. The Labute approximate surface area is 156 Å². The van der Waals surface area contributed by atoms with Gasteiger partial charge in [0.05, 0.1) is 0 Å². The summed E-state index contributed by atoms with van der Waals surface area (Å²) in [7, 11) is 0. The summed E-state index contributed by atoms with van der Waals surface area (Å²) in [5, 5.41) is 2.76. The first kappa shape index (κ1) is 17.6. The molecule has 0 saturated carbocycles. The van der Waals surface area contributed by atoms with Crippen LogP contribution in [0.2, 0.25) is 0 Å². The molecule has 2 aromatic rings. The Morgan fingerprint density at radius 3 is 2.89 bits per heavy atom. The summed E-state index contributed by atoms with van der Waals surface area (Å²) in [6.07, 6.45) is 0.963. The van der Waals surface area contributed by atoms with Crippen LogP contribution in [0.3, 0.4) is 0 Å². The molecule has 2 aliphatic heterocycles. The van der Waals surface area contributed by atoms with E-state index in [0.29, 0.717) is 24.6 Å². The van der Waals surface area contributed by atoms with Crippen LogP contribution in [0.4, 0.5) is 0 Å². The number of nitrogens with one attached hydrogen (secondary N) is 2. The van der Waals surface area contributed by atoms with E-state index in [-0.39, 0.29) is 24.0 Å². The molecule has 0 radical (unpaired) electrons. The van der Waals surface area contributed by atoms with Gasteiger partial charge in [-0.3, -0.25) is 14.5 Å². The molecule has 0 bridgehead atoms. The lowest BCUT2D eigenvalue weighted by Crippen LogP contribution is -2.31. The van der Waals surface area contributed by atoms with E-state index >= 15 is 0 Å². The van der Waals surface area contributed by atoms with Gasteiger partial charge in [0.1, 0.15) is 5.56 Å². The van der Waals surface area contributed by atoms with Gasteiger partial charge in [0.15, 0.2) is 11.5 Å². The predicted octanol–water partition coefficient (Wildman–Crippen LogP) is 0.567. The van der Waals surface area contributed by atoms with Crippen molar-refractivity contribution in [1.82, 2.24) is 15.2 Å². The van der Waals surface area contributed by atoms with Crippen molar-refractivity contribution in [3.63, 3.8) is 0 Å². The number of rotatable bonds is 5. The largest absolute Gasteiger partial charge is 0.454 e. The van der Waals surface area contributed by atoms with E-state index in [1.807, 2.05) is 12.1 Å². The van der Waals surface area contributed by atoms with Crippen molar-refractivity contribution in [2.45, 2.75) is 25.6 Å². The molecule has 8 heteroatoms. The summed E-state index contributed by atoms with van der Waals surface area (Å²) >= 11 is 0. The van der Waals surface area contributed by atoms with Crippen LogP contribution >= 0.6 is 0 Å². The van der Waals surface area contributed by atoms with Crippen LogP contribution in [0.5, 0.6) is 11.5 Å². The van der Waals surface area contributed by atoms with Gasteiger partial charge < -0.3 is 25.5 Å². The average Bonchev–Trinajstić information content (AvgIpc) is 3.28. The number of nitrogens with zero attached hydrogens (tertiary/aromatic N) is 1. The van der Waals surface area contributed by atoms with E-state index in [0.717, 1.165) is 30.8 Å². The molecule has 142 valence electrons. The molecule has 1 aromatic heterocycles. The summed E-state index contributed by atoms with van der Waals surface area (Å²) in [6.45, 7) is 2.86. The van der Waals surface area contributed by atoms with Crippen molar-refractivity contribution in [2.24, 2.45) is 5.73 Å². The topological polar surface area (TPSA) is 110 Å². The van der Waals surface area contributed by atoms with Crippen LogP contribution in [0.15, 0.2) is 35.1 Å². The lowest BCUT2D eigenvalue weighted by molar-refractivity contribution is 0.0949. The summed E-state index contributed by atoms with van der Waals surface area (Å²) in [4.78, 5) is 29.6. The number of hydrogen-bond acceptors (Lipinski definition) is 6. The van der Waals surface area contributed by atoms with Crippen LogP contribution in [-0.4, -0.2) is 41.7 Å². The fraction of sp³-hybridized carbons (Fsp3) is 0.368. The molecule has 2 aliphatic rings. The molecule has 1 aromatic carbocycles. The molecule has 4 N–H and O–H groups in total. The van der Waals surface area contributed by atoms with Gasteiger partial charge >= 0.3 is 0 Å². The molecule has 1 atom stereocenters. The molecule has 8 nitrogen and oxygen atoms in total. The smallest absolute Gasteiger partial charge is 0.261 e. The predicted molar refractivity (Wildman–Crippen MR) is 98.7 cm³/mol. The monoisotopic (exact) mass is 370 g/mol. The highest BCUT2D eigenvalue weighted by atomic mass is 16.7. The number of nitrogens with two attached hydrogens (primary N) is 1. The zero-order valence-corrected chi connectivity index (χ0v) is 14.9. The van der Waals surface area contributed by atoms with Gasteiger partial charge in [0, 0.05) is 37.9 Å². The lowest BCUT2D eigenvalue weighted by Gasteiger charge is -2.15. The number of H-pyrrole nitrogens is 1. The van der Waals surface area contributed by atoms with Crippen molar-refractivity contribution in [3.05, 3.63) is 57.5 Å².